The molecule has 0 aliphatic carbocycles. The molecule has 0 spiro atoms. The van der Waals surface area contributed by atoms with Gasteiger partial charge in [-0.15, -0.1) is 11.3 Å². The predicted octanol–water partition coefficient (Wildman–Crippen LogP) is 3.74. The molecule has 2 fully saturated rings. The van der Waals surface area contributed by atoms with Gasteiger partial charge < -0.3 is 14.7 Å². The number of anilines is 2. The van der Waals surface area contributed by atoms with Crippen LogP contribution >= 0.6 is 11.3 Å². The normalized spacial score (nSPS) is 19.8. The van der Waals surface area contributed by atoms with Gasteiger partial charge in [-0.1, -0.05) is 6.07 Å². The van der Waals surface area contributed by atoms with Gasteiger partial charge in [-0.3, -0.25) is 4.79 Å². The zero-order valence-electron chi connectivity index (χ0n) is 18.1. The molecule has 0 bridgehead atoms. The number of likely N-dealkylation sites (tertiary alicyclic amines) is 1. The monoisotopic (exact) mass is 436 g/mol. The molecule has 0 radical (unpaired) electrons. The molecular weight excluding hydrogens is 408 g/mol. The Labute approximate surface area is 186 Å². The maximum atomic E-state index is 13.3. The van der Waals surface area contributed by atoms with Gasteiger partial charge in [-0.25, -0.2) is 15.0 Å². The standard InChI is InChI=1S/C23H28N6OS/c1-16-7-4-6-10-29(16)23(30)20-17(2)19-21(25-15-26-22(19)31-20)28-13-11-27(12-14-28)18-8-3-5-9-24-18/h3,5,8-9,15-16H,4,6-7,10-14H2,1-2H3/t16-/m1/s1. The van der Waals surface area contributed by atoms with Crippen LogP contribution in [0.5, 0.6) is 0 Å². The second-order valence-corrected chi connectivity index (χ2v) is 9.44. The first-order valence-corrected chi connectivity index (χ1v) is 11.9. The van der Waals surface area contributed by atoms with Crippen molar-refractivity contribution < 1.29 is 4.79 Å². The summed E-state index contributed by atoms with van der Waals surface area (Å²) in [5.41, 5.74) is 1.02. The van der Waals surface area contributed by atoms with Crippen LogP contribution in [0, 0.1) is 6.92 Å². The van der Waals surface area contributed by atoms with Crippen LogP contribution in [0.2, 0.25) is 0 Å². The number of fused-ring (bicyclic) bond motifs is 1. The molecule has 3 aromatic heterocycles. The van der Waals surface area contributed by atoms with E-state index < -0.39 is 0 Å². The highest BCUT2D eigenvalue weighted by atomic mass is 32.1. The van der Waals surface area contributed by atoms with Crippen LogP contribution in [0.1, 0.15) is 41.4 Å². The first-order valence-electron chi connectivity index (χ1n) is 11.1. The first kappa shape index (κ1) is 20.2. The van der Waals surface area contributed by atoms with Gasteiger partial charge in [0, 0.05) is 45.0 Å². The van der Waals surface area contributed by atoms with E-state index in [0.717, 1.165) is 77.9 Å². The Kier molecular flexibility index (Phi) is 5.48. The fourth-order valence-electron chi connectivity index (χ4n) is 4.72. The Bertz CT molecular complexity index is 1080. The Balaban J connectivity index is 1.41. The molecule has 7 nitrogen and oxygen atoms in total. The van der Waals surface area contributed by atoms with Crippen molar-refractivity contribution in [3.05, 3.63) is 41.2 Å². The molecular formula is C23H28N6OS. The molecule has 31 heavy (non-hydrogen) atoms. The average molecular weight is 437 g/mol. The number of hydrogen-bond acceptors (Lipinski definition) is 7. The second-order valence-electron chi connectivity index (χ2n) is 8.44. The summed E-state index contributed by atoms with van der Waals surface area (Å²) in [5, 5.41) is 1.03. The summed E-state index contributed by atoms with van der Waals surface area (Å²) >= 11 is 1.51. The van der Waals surface area contributed by atoms with Gasteiger partial charge in [-0.2, -0.15) is 0 Å². The summed E-state index contributed by atoms with van der Waals surface area (Å²) in [6.07, 6.45) is 6.85. The van der Waals surface area contributed by atoms with Gasteiger partial charge in [0.1, 0.15) is 22.8 Å². The Morgan fingerprint density at radius 3 is 2.58 bits per heavy atom. The third-order valence-corrected chi connectivity index (χ3v) is 7.71. The number of nitrogens with zero attached hydrogens (tertiary/aromatic N) is 6. The van der Waals surface area contributed by atoms with Crippen molar-refractivity contribution in [2.75, 3.05) is 42.5 Å². The molecule has 2 aliphatic rings. The van der Waals surface area contributed by atoms with E-state index >= 15 is 0 Å². The van der Waals surface area contributed by atoms with Gasteiger partial charge in [0.2, 0.25) is 0 Å². The highest BCUT2D eigenvalue weighted by Crippen LogP contribution is 2.36. The number of piperidine rings is 1. The lowest BCUT2D eigenvalue weighted by Gasteiger charge is -2.36. The number of carbonyl (C=O) groups excluding carboxylic acids is 1. The molecule has 2 saturated heterocycles. The van der Waals surface area contributed by atoms with E-state index in [1.54, 1.807) is 6.33 Å². The molecule has 3 aromatic rings. The van der Waals surface area contributed by atoms with Crippen LogP contribution in [0.3, 0.4) is 0 Å². The fourth-order valence-corrected chi connectivity index (χ4v) is 5.81. The lowest BCUT2D eigenvalue weighted by Crippen LogP contribution is -2.47. The van der Waals surface area contributed by atoms with Crippen LogP contribution in [0.15, 0.2) is 30.7 Å². The van der Waals surface area contributed by atoms with Crippen molar-refractivity contribution in [3.63, 3.8) is 0 Å². The van der Waals surface area contributed by atoms with E-state index in [1.165, 1.54) is 17.8 Å². The quantitative estimate of drug-likeness (QED) is 0.623. The molecule has 0 saturated carbocycles. The lowest BCUT2D eigenvalue weighted by atomic mass is 10.0. The molecule has 2 aliphatic heterocycles. The second kappa shape index (κ2) is 8.42. The third-order valence-electron chi connectivity index (χ3n) is 6.52. The number of thiophene rings is 1. The molecule has 5 heterocycles. The smallest absolute Gasteiger partial charge is 0.264 e. The largest absolute Gasteiger partial charge is 0.353 e. The number of rotatable bonds is 3. The highest BCUT2D eigenvalue weighted by Gasteiger charge is 2.29. The first-order chi connectivity index (χ1) is 15.1. The SMILES string of the molecule is Cc1c(C(=O)N2CCCC[C@H]2C)sc2ncnc(N3CCN(c4ccccn4)CC3)c12. The highest BCUT2D eigenvalue weighted by molar-refractivity contribution is 7.20. The van der Waals surface area contributed by atoms with Crippen LogP contribution in [-0.2, 0) is 0 Å². The number of aromatic nitrogens is 3. The topological polar surface area (TPSA) is 65.5 Å². The van der Waals surface area contributed by atoms with Gasteiger partial charge in [0.25, 0.3) is 5.91 Å². The Hall–Kier alpha value is -2.74. The van der Waals surface area contributed by atoms with E-state index in [9.17, 15) is 4.79 Å². The summed E-state index contributed by atoms with van der Waals surface area (Å²) in [6.45, 7) is 8.58. The van der Waals surface area contributed by atoms with Gasteiger partial charge in [0.05, 0.1) is 10.3 Å². The maximum absolute atomic E-state index is 13.3. The zero-order valence-corrected chi connectivity index (χ0v) is 18.9. The van der Waals surface area contributed by atoms with Crippen molar-refractivity contribution in [1.29, 1.82) is 0 Å². The van der Waals surface area contributed by atoms with Crippen molar-refractivity contribution in [2.24, 2.45) is 0 Å². The lowest BCUT2D eigenvalue weighted by molar-refractivity contribution is 0.0640. The Morgan fingerprint density at radius 2 is 1.84 bits per heavy atom. The van der Waals surface area contributed by atoms with Gasteiger partial charge in [-0.05, 0) is 50.8 Å². The van der Waals surface area contributed by atoms with Gasteiger partial charge >= 0.3 is 0 Å². The predicted molar refractivity (Wildman–Crippen MR) is 125 cm³/mol. The number of aryl methyl sites for hydroxylation is 1. The zero-order chi connectivity index (χ0) is 21.4. The molecule has 5 rings (SSSR count). The number of piperazine rings is 1. The van der Waals surface area contributed by atoms with Crippen LogP contribution in [0.4, 0.5) is 11.6 Å². The summed E-state index contributed by atoms with van der Waals surface area (Å²) in [5.74, 6) is 2.12. The van der Waals surface area contributed by atoms with Crippen molar-refractivity contribution in [1.82, 2.24) is 19.9 Å². The summed E-state index contributed by atoms with van der Waals surface area (Å²) in [4.78, 5) is 35.4. The minimum absolute atomic E-state index is 0.152. The summed E-state index contributed by atoms with van der Waals surface area (Å²) < 4.78 is 0. The fraction of sp³-hybridized carbons (Fsp3) is 0.478. The molecule has 0 unspecified atom stereocenters. The molecule has 0 N–H and O–H groups in total. The third kappa shape index (κ3) is 3.73. The van der Waals surface area contributed by atoms with Crippen molar-refractivity contribution >= 4 is 39.1 Å². The van der Waals surface area contributed by atoms with Crippen LogP contribution in [0.25, 0.3) is 10.2 Å². The van der Waals surface area contributed by atoms with E-state index in [2.05, 4.69) is 44.7 Å². The summed E-state index contributed by atoms with van der Waals surface area (Å²) in [6, 6.07) is 6.33. The van der Waals surface area contributed by atoms with Gasteiger partial charge in [0.15, 0.2) is 0 Å². The van der Waals surface area contributed by atoms with E-state index in [4.69, 9.17) is 0 Å². The average Bonchev–Trinajstić information content (AvgIpc) is 3.16. The maximum Gasteiger partial charge on any atom is 0.264 e. The van der Waals surface area contributed by atoms with Crippen molar-refractivity contribution in [3.8, 4) is 0 Å². The number of hydrogen-bond donors (Lipinski definition) is 0. The molecule has 162 valence electrons. The van der Waals surface area contributed by atoms with Crippen LogP contribution in [-0.4, -0.2) is 64.5 Å². The molecule has 8 heteroatoms. The Morgan fingerprint density at radius 1 is 1.03 bits per heavy atom. The number of pyridine rings is 1. The molecule has 1 amide bonds. The van der Waals surface area contributed by atoms with Crippen LogP contribution < -0.4 is 9.80 Å². The van der Waals surface area contributed by atoms with E-state index in [1.807, 2.05) is 23.2 Å². The minimum atomic E-state index is 0.152. The minimum Gasteiger partial charge on any atom is -0.353 e. The van der Waals surface area contributed by atoms with E-state index in [-0.39, 0.29) is 5.91 Å². The summed E-state index contributed by atoms with van der Waals surface area (Å²) in [7, 11) is 0. The molecule has 1 atom stereocenters. The number of amides is 1. The van der Waals surface area contributed by atoms with E-state index in [0.29, 0.717) is 6.04 Å². The van der Waals surface area contributed by atoms with Crippen molar-refractivity contribution in [2.45, 2.75) is 39.2 Å². The number of carbonyl (C=O) groups is 1. The molecule has 0 aromatic carbocycles.